The molecular weight excluding hydrogens is 721 g/mol. The van der Waals surface area contributed by atoms with E-state index in [0.29, 0.717) is 105 Å². The number of hydrogen-bond acceptors (Lipinski definition) is 0. The van der Waals surface area contributed by atoms with Crippen molar-refractivity contribution in [3.8, 4) is 0 Å². The second kappa shape index (κ2) is 18.2. The van der Waals surface area contributed by atoms with Crippen LogP contribution < -0.4 is 0 Å². The Hall–Kier alpha value is 1.82. The van der Waals surface area contributed by atoms with Gasteiger partial charge >= 0.3 is 174 Å². The van der Waals surface area contributed by atoms with Crippen LogP contribution in [0.1, 0.15) is 0 Å². The van der Waals surface area contributed by atoms with Gasteiger partial charge in [0.1, 0.15) is 0 Å². The topological polar surface area (TPSA) is 0 Å². The van der Waals surface area contributed by atoms with Gasteiger partial charge in [0.2, 0.25) is 0 Å². The summed E-state index contributed by atoms with van der Waals surface area (Å²) in [7, 11) is 0. The molecule has 0 unspecified atom stereocenters. The maximum absolute atomic E-state index is 2.35. The molecule has 1 aliphatic heterocycles. The van der Waals surface area contributed by atoms with Crippen molar-refractivity contribution < 1.29 is 0 Å². The third-order valence-electron chi connectivity index (χ3n) is 1.49. The predicted molar refractivity (Wildman–Crippen MR) is 104 cm³/mol. The van der Waals surface area contributed by atoms with Crippen LogP contribution in [0.4, 0.5) is 0 Å². The molecule has 0 aromatic rings. The second-order valence-corrected chi connectivity index (χ2v) is 14.8. The maximum atomic E-state index is 2.35. The molecule has 0 radical (unpaired) electrons. The van der Waals surface area contributed by atoms with Crippen molar-refractivity contribution in [1.82, 2.24) is 0 Å². The zero-order chi connectivity index (χ0) is 14.8. The molecule has 112 valence electrons. The summed E-state index contributed by atoms with van der Waals surface area (Å²) in [6.07, 6.45) is 0. The van der Waals surface area contributed by atoms with E-state index in [1.54, 1.807) is 0 Å². The summed E-state index contributed by atoms with van der Waals surface area (Å²) >= 11 is 3.87. The Morgan fingerprint density at radius 2 is 0.286 bits per heavy atom. The molecule has 0 atom stereocenters. The molecule has 7 heteroatoms. The van der Waals surface area contributed by atoms with Crippen molar-refractivity contribution >= 4 is 105 Å². The average Bonchev–Trinajstić information content (AvgIpc) is 2.50. The van der Waals surface area contributed by atoms with Gasteiger partial charge in [0, 0.05) is 0 Å². The molecule has 0 amide bonds. The van der Waals surface area contributed by atoms with E-state index in [1.807, 2.05) is 0 Å². The van der Waals surface area contributed by atoms with Crippen LogP contribution in [0.15, 0.2) is 69.6 Å². The van der Waals surface area contributed by atoms with Gasteiger partial charge in [-0.1, -0.05) is 0 Å². The molecular formula is C14H14Se7. The van der Waals surface area contributed by atoms with E-state index < -0.39 is 0 Å². The normalized spacial score (nSPS) is 29.3. The van der Waals surface area contributed by atoms with E-state index in [-0.39, 0.29) is 0 Å². The summed E-state index contributed by atoms with van der Waals surface area (Å²) in [4.78, 5) is 32.9. The van der Waals surface area contributed by atoms with Gasteiger partial charge in [0.05, 0.1) is 0 Å². The third-order valence-corrected chi connectivity index (χ3v) is 16.2. The van der Waals surface area contributed by atoms with E-state index in [0.717, 1.165) is 0 Å². The zero-order valence-electron chi connectivity index (χ0n) is 10.9. The molecule has 0 bridgehead atoms. The van der Waals surface area contributed by atoms with Crippen LogP contribution in [-0.2, 0) is 0 Å². The van der Waals surface area contributed by atoms with Crippen LogP contribution in [-0.4, -0.2) is 105 Å². The molecule has 0 aromatic heterocycles. The molecule has 0 nitrogen and oxygen atoms in total. The second-order valence-electron chi connectivity index (χ2n) is 2.86. The Labute approximate surface area is 172 Å². The van der Waals surface area contributed by atoms with Gasteiger partial charge in [-0.05, 0) is 0 Å². The fourth-order valence-electron chi connectivity index (χ4n) is 0.767. The molecule has 0 spiro atoms. The predicted octanol–water partition coefficient (Wildman–Crippen LogP) is 1.23. The van der Waals surface area contributed by atoms with Gasteiger partial charge in [-0.25, -0.2) is 0 Å². The molecule has 1 rings (SSSR count). The molecule has 1 heterocycles. The Kier molecular flexibility index (Phi) is 18.0. The van der Waals surface area contributed by atoms with Crippen LogP contribution in [0, 0.1) is 0 Å². The first kappa shape index (κ1) is 20.9. The molecule has 21 heavy (non-hydrogen) atoms. The minimum atomic E-state index is 0.552. The van der Waals surface area contributed by atoms with E-state index in [2.05, 4.69) is 69.6 Å². The Balaban J connectivity index is 2.41. The molecule has 0 saturated heterocycles. The van der Waals surface area contributed by atoms with E-state index in [4.69, 9.17) is 0 Å². The minimum absolute atomic E-state index is 0.552. The Bertz CT molecular complexity index is 298. The molecule has 1 aliphatic rings. The summed E-state index contributed by atoms with van der Waals surface area (Å²) in [6.45, 7) is 0. The van der Waals surface area contributed by atoms with Gasteiger partial charge < -0.3 is 0 Å². The van der Waals surface area contributed by atoms with Gasteiger partial charge in [0.15, 0.2) is 0 Å². The molecule has 0 aliphatic carbocycles. The van der Waals surface area contributed by atoms with E-state index in [1.165, 1.54) is 0 Å². The van der Waals surface area contributed by atoms with Crippen LogP contribution in [0.3, 0.4) is 0 Å². The number of hydrogen-bond donors (Lipinski definition) is 0. The van der Waals surface area contributed by atoms with Crippen LogP contribution in [0.25, 0.3) is 0 Å². The quantitative estimate of drug-likeness (QED) is 0.329. The van der Waals surface area contributed by atoms with Gasteiger partial charge in [0.25, 0.3) is 0 Å². The molecule has 0 N–H and O–H groups in total. The van der Waals surface area contributed by atoms with Crippen LogP contribution >= 0.6 is 0 Å². The first-order valence-electron chi connectivity index (χ1n) is 5.63. The zero-order valence-corrected chi connectivity index (χ0v) is 22.9. The van der Waals surface area contributed by atoms with Crippen LogP contribution in [0.2, 0.25) is 0 Å². The number of rotatable bonds is 0. The van der Waals surface area contributed by atoms with Crippen molar-refractivity contribution in [2.45, 2.75) is 0 Å². The summed E-state index contributed by atoms with van der Waals surface area (Å²) < 4.78 is 0. The van der Waals surface area contributed by atoms with Gasteiger partial charge in [-0.15, -0.1) is 0 Å². The Morgan fingerprint density at radius 3 is 0.381 bits per heavy atom. The van der Waals surface area contributed by atoms with Crippen LogP contribution in [0.5, 0.6) is 0 Å². The fraction of sp³-hybridized carbons (Fsp3) is 0. The third kappa shape index (κ3) is 16.5. The SMILES string of the molecule is C1=C\[Se]/C=C\[Se]/C=C\[Se]/C=C\[Se]/C=C\[Se]/C=C\[Se]/C=C\[Se]/1. The van der Waals surface area contributed by atoms with Gasteiger partial charge in [-0.2, -0.15) is 0 Å². The standard InChI is InChI=1S/C14H14Se7/c1-2-16-5-6-18-9-10-20-13-14-21-12-11-19-8-7-17-4-3-15-1/h1-14H/b2-1-,4-3-,6-5-,8-7-,10-9-,12-11-,14-13-. The van der Waals surface area contributed by atoms with Crippen molar-refractivity contribution in [2.75, 3.05) is 0 Å². The molecule has 0 aromatic carbocycles. The first-order valence-corrected chi connectivity index (χ1v) is 19.5. The van der Waals surface area contributed by atoms with E-state index in [9.17, 15) is 0 Å². The fourth-order valence-corrected chi connectivity index (χ4v) is 13.8. The van der Waals surface area contributed by atoms with Crippen molar-refractivity contribution in [2.24, 2.45) is 0 Å². The summed E-state index contributed by atoms with van der Waals surface area (Å²) in [5, 5.41) is 0. The monoisotopic (exact) mass is 742 g/mol. The van der Waals surface area contributed by atoms with Crippen molar-refractivity contribution in [3.05, 3.63) is 69.6 Å². The molecule has 0 saturated carbocycles. The first-order chi connectivity index (χ1) is 10.5. The summed E-state index contributed by atoms with van der Waals surface area (Å²) in [5.41, 5.74) is 0. The van der Waals surface area contributed by atoms with Crippen molar-refractivity contribution in [1.29, 1.82) is 0 Å². The average molecular weight is 735 g/mol. The molecule has 0 fully saturated rings. The Morgan fingerprint density at radius 1 is 0.190 bits per heavy atom. The summed E-state index contributed by atoms with van der Waals surface area (Å²) in [5.74, 6) is 0. The van der Waals surface area contributed by atoms with Crippen molar-refractivity contribution in [3.63, 3.8) is 0 Å². The van der Waals surface area contributed by atoms with Gasteiger partial charge in [-0.3, -0.25) is 0 Å². The van der Waals surface area contributed by atoms with E-state index >= 15 is 0 Å². The summed E-state index contributed by atoms with van der Waals surface area (Å²) in [6, 6.07) is 0.